The summed E-state index contributed by atoms with van der Waals surface area (Å²) < 4.78 is 47.5. The third kappa shape index (κ3) is 4.81. The maximum absolute atomic E-state index is 13.8. The highest BCUT2D eigenvalue weighted by atomic mass is 32.2. The number of aliphatic hydroxyl groups is 1. The van der Waals surface area contributed by atoms with Crippen molar-refractivity contribution in [2.45, 2.75) is 87.3 Å². The molecule has 3 fully saturated rings. The molecule has 3 aliphatic rings. The van der Waals surface area contributed by atoms with Crippen molar-refractivity contribution >= 4 is 28.7 Å². The zero-order chi connectivity index (χ0) is 26.6. The van der Waals surface area contributed by atoms with Gasteiger partial charge in [-0.25, -0.2) is 18.7 Å². The summed E-state index contributed by atoms with van der Waals surface area (Å²) in [6, 6.07) is 4.08. The number of fused-ring (bicyclic) bond motifs is 2. The molecule has 1 aliphatic heterocycles. The molecule has 38 heavy (non-hydrogen) atoms. The molecule has 0 bridgehead atoms. The highest BCUT2D eigenvalue weighted by Crippen LogP contribution is 2.47. The summed E-state index contributed by atoms with van der Waals surface area (Å²) in [6.07, 6.45) is 1.77. The zero-order valence-electron chi connectivity index (χ0n) is 21.6. The van der Waals surface area contributed by atoms with Gasteiger partial charge in [0.15, 0.2) is 34.0 Å². The normalized spacial score (nSPS) is 29.7. The molecule has 6 unspecified atom stereocenters. The van der Waals surface area contributed by atoms with Gasteiger partial charge < -0.3 is 24.6 Å². The lowest BCUT2D eigenvalue weighted by atomic mass is 10.1. The molecule has 3 heterocycles. The van der Waals surface area contributed by atoms with Gasteiger partial charge in [-0.15, -0.1) is 0 Å². The summed E-state index contributed by atoms with van der Waals surface area (Å²) in [5.74, 6) is -0.716. The first-order chi connectivity index (χ1) is 18.3. The molecule has 0 spiro atoms. The van der Waals surface area contributed by atoms with Crippen molar-refractivity contribution in [3.8, 4) is 0 Å². The minimum Gasteiger partial charge on any atom is -0.394 e. The number of rotatable bonds is 10. The summed E-state index contributed by atoms with van der Waals surface area (Å²) in [7, 11) is 0. The molecular weight excluding hydrogens is 516 g/mol. The second kappa shape index (κ2) is 10.1. The minimum absolute atomic E-state index is 0.0550. The summed E-state index contributed by atoms with van der Waals surface area (Å²) in [5, 5.41) is 16.9. The van der Waals surface area contributed by atoms with Crippen molar-refractivity contribution < 1.29 is 28.1 Å². The molecule has 6 atom stereocenters. The largest absolute Gasteiger partial charge is 0.394 e. The lowest BCUT2D eigenvalue weighted by Gasteiger charge is -2.28. The van der Waals surface area contributed by atoms with Crippen LogP contribution in [0, 0.1) is 11.6 Å². The second-order valence-electron chi connectivity index (χ2n) is 10.7. The van der Waals surface area contributed by atoms with E-state index < -0.39 is 17.4 Å². The Balaban J connectivity index is 1.27. The second-order valence-corrected chi connectivity index (χ2v) is 11.7. The molecule has 206 valence electrons. The van der Waals surface area contributed by atoms with E-state index in [0.29, 0.717) is 17.4 Å². The van der Waals surface area contributed by atoms with Gasteiger partial charge >= 0.3 is 0 Å². The van der Waals surface area contributed by atoms with Crippen LogP contribution in [0.5, 0.6) is 0 Å². The van der Waals surface area contributed by atoms with E-state index >= 15 is 0 Å². The topological polar surface area (TPSA) is 106 Å². The number of anilines is 1. The van der Waals surface area contributed by atoms with Crippen LogP contribution in [0.2, 0.25) is 0 Å². The fourth-order valence-electron chi connectivity index (χ4n) is 5.60. The standard InChI is InChI=1S/C26H33F2N5O4S/c1-4-9-38-25-30-23(29-17-11-14(17)13-5-6-15(27)16(28)10-13)20-24(31-25)33(32-20)18-12-19(35-8-7-34)22-21(18)36-26(2,3)37-22/h5-6,10,14,17-19,21-22,32,34H,4,7-9,11-12H2,1-3H3,(H,29,30,31). The molecular formula is C26H33F2N5O4S. The number of thioether (sulfide) groups is 1. The van der Waals surface area contributed by atoms with E-state index in [4.69, 9.17) is 24.2 Å². The molecule has 12 heteroatoms. The van der Waals surface area contributed by atoms with Crippen LogP contribution in [0.1, 0.15) is 57.6 Å². The van der Waals surface area contributed by atoms with Crippen LogP contribution < -0.4 is 5.32 Å². The molecule has 2 aromatic heterocycles. The molecule has 1 saturated heterocycles. The van der Waals surface area contributed by atoms with E-state index in [-0.39, 0.29) is 49.5 Å². The number of nitrogens with zero attached hydrogens (tertiary/aromatic N) is 3. The highest BCUT2D eigenvalue weighted by Gasteiger charge is 2.56. The van der Waals surface area contributed by atoms with Crippen LogP contribution in [0.3, 0.4) is 0 Å². The van der Waals surface area contributed by atoms with Crippen LogP contribution in [0.25, 0.3) is 11.2 Å². The maximum Gasteiger partial charge on any atom is 0.191 e. The fourth-order valence-corrected chi connectivity index (χ4v) is 6.29. The number of hydrogen-bond acceptors (Lipinski definition) is 8. The van der Waals surface area contributed by atoms with Crippen molar-refractivity contribution in [2.75, 3.05) is 24.3 Å². The highest BCUT2D eigenvalue weighted by molar-refractivity contribution is 7.99. The van der Waals surface area contributed by atoms with Crippen LogP contribution in [-0.4, -0.2) is 74.0 Å². The summed E-state index contributed by atoms with van der Waals surface area (Å²) in [6.45, 7) is 6.09. The Bertz CT molecular complexity index is 1320. The number of ether oxygens (including phenoxy) is 3. The quantitative estimate of drug-likeness (QED) is 0.253. The Kier molecular flexibility index (Phi) is 6.88. The molecule has 1 aromatic carbocycles. The predicted molar refractivity (Wildman–Crippen MR) is 138 cm³/mol. The van der Waals surface area contributed by atoms with Crippen molar-refractivity contribution in [3.05, 3.63) is 35.4 Å². The number of nitrogens with one attached hydrogen (secondary N) is 2. The lowest BCUT2D eigenvalue weighted by Crippen LogP contribution is -2.32. The number of benzene rings is 1. The molecule has 2 saturated carbocycles. The van der Waals surface area contributed by atoms with E-state index in [9.17, 15) is 13.9 Å². The zero-order valence-corrected chi connectivity index (χ0v) is 22.4. The molecule has 0 amide bonds. The SMILES string of the molecule is CCCSc1nc(NC2CC2c2ccc(F)c(F)c2)c2[nH]n(C3CC(OCCO)C4OC(C)(C)OC43)c2n1. The van der Waals surface area contributed by atoms with Gasteiger partial charge in [0, 0.05) is 24.1 Å². The number of aliphatic hydroxyl groups excluding tert-OH is 1. The molecule has 3 N–H and O–H groups in total. The van der Waals surface area contributed by atoms with E-state index in [1.165, 1.54) is 12.1 Å². The van der Waals surface area contributed by atoms with Crippen molar-refractivity contribution in [3.63, 3.8) is 0 Å². The molecule has 2 aliphatic carbocycles. The number of H-pyrrole nitrogens is 1. The summed E-state index contributed by atoms with van der Waals surface area (Å²) in [5.41, 5.74) is 2.36. The monoisotopic (exact) mass is 549 g/mol. The molecule has 6 rings (SSSR count). The summed E-state index contributed by atoms with van der Waals surface area (Å²) >= 11 is 1.60. The Hall–Kier alpha value is -2.25. The van der Waals surface area contributed by atoms with Gasteiger partial charge in [-0.05, 0) is 44.4 Å². The average molecular weight is 550 g/mol. The van der Waals surface area contributed by atoms with E-state index in [2.05, 4.69) is 17.3 Å². The molecule has 3 aromatic rings. The first kappa shape index (κ1) is 26.0. The first-order valence-corrected chi connectivity index (χ1v) is 14.2. The van der Waals surface area contributed by atoms with Crippen LogP contribution in [0.15, 0.2) is 23.4 Å². The van der Waals surface area contributed by atoms with Crippen LogP contribution >= 0.6 is 11.8 Å². The van der Waals surface area contributed by atoms with Gasteiger partial charge in [-0.1, -0.05) is 24.8 Å². The van der Waals surface area contributed by atoms with Gasteiger partial charge in [-0.2, -0.15) is 0 Å². The van der Waals surface area contributed by atoms with Crippen molar-refractivity contribution in [2.24, 2.45) is 0 Å². The van der Waals surface area contributed by atoms with Gasteiger partial charge in [0.25, 0.3) is 0 Å². The van der Waals surface area contributed by atoms with E-state index in [0.717, 1.165) is 35.3 Å². The molecule has 0 radical (unpaired) electrons. The Morgan fingerprint density at radius 3 is 2.79 bits per heavy atom. The fraction of sp³-hybridized carbons (Fsp3) is 0.615. The Morgan fingerprint density at radius 2 is 2.03 bits per heavy atom. The minimum atomic E-state index is -0.837. The van der Waals surface area contributed by atoms with Gasteiger partial charge in [0.05, 0.1) is 25.4 Å². The van der Waals surface area contributed by atoms with Gasteiger partial charge in [0.1, 0.15) is 17.7 Å². The number of aromatic nitrogens is 4. The summed E-state index contributed by atoms with van der Waals surface area (Å²) in [4.78, 5) is 9.63. The average Bonchev–Trinajstić information content (AvgIpc) is 3.46. The van der Waals surface area contributed by atoms with Gasteiger partial charge in [0.2, 0.25) is 0 Å². The Labute approximate surface area is 223 Å². The predicted octanol–water partition coefficient (Wildman–Crippen LogP) is 4.35. The van der Waals surface area contributed by atoms with E-state index in [1.54, 1.807) is 17.8 Å². The number of halogens is 2. The Morgan fingerprint density at radius 1 is 1.21 bits per heavy atom. The van der Waals surface area contributed by atoms with Crippen molar-refractivity contribution in [1.29, 1.82) is 0 Å². The van der Waals surface area contributed by atoms with Gasteiger partial charge in [-0.3, -0.25) is 9.78 Å². The molecule has 9 nitrogen and oxygen atoms in total. The first-order valence-electron chi connectivity index (χ1n) is 13.2. The number of aromatic amines is 1. The van der Waals surface area contributed by atoms with Crippen LogP contribution in [-0.2, 0) is 14.2 Å². The smallest absolute Gasteiger partial charge is 0.191 e. The third-order valence-corrected chi connectivity index (χ3v) is 8.44. The maximum atomic E-state index is 13.8. The lowest BCUT2D eigenvalue weighted by molar-refractivity contribution is -0.171. The van der Waals surface area contributed by atoms with Crippen LogP contribution in [0.4, 0.5) is 14.6 Å². The number of hydrogen-bond donors (Lipinski definition) is 3. The van der Waals surface area contributed by atoms with E-state index in [1.807, 2.05) is 18.5 Å². The van der Waals surface area contributed by atoms with Crippen molar-refractivity contribution in [1.82, 2.24) is 19.7 Å². The third-order valence-electron chi connectivity index (χ3n) is 7.39.